The summed E-state index contributed by atoms with van der Waals surface area (Å²) in [5.41, 5.74) is 5.15. The average molecular weight is 296 g/mol. The van der Waals surface area contributed by atoms with Crippen molar-refractivity contribution in [2.75, 3.05) is 7.11 Å². The van der Waals surface area contributed by atoms with Crippen LogP contribution in [0.3, 0.4) is 0 Å². The molecule has 0 N–H and O–H groups in total. The largest absolute Gasteiger partial charge is 0.469 e. The zero-order valence-electron chi connectivity index (χ0n) is 13.0. The molecule has 2 aliphatic rings. The number of rotatable bonds is 2. The van der Waals surface area contributed by atoms with Gasteiger partial charge in [0.05, 0.1) is 19.2 Å². The van der Waals surface area contributed by atoms with Crippen LogP contribution >= 0.6 is 0 Å². The molecule has 1 saturated carbocycles. The van der Waals surface area contributed by atoms with Gasteiger partial charge in [0.15, 0.2) is 0 Å². The first-order chi connectivity index (χ1) is 10.6. The highest BCUT2D eigenvalue weighted by Gasteiger charge is 2.60. The van der Waals surface area contributed by atoms with E-state index in [1.54, 1.807) is 0 Å². The van der Waals surface area contributed by atoms with Gasteiger partial charge in [-0.05, 0) is 42.4 Å². The fourth-order valence-corrected chi connectivity index (χ4v) is 4.10. The van der Waals surface area contributed by atoms with Gasteiger partial charge in [0.1, 0.15) is 0 Å². The van der Waals surface area contributed by atoms with Crippen LogP contribution < -0.4 is 0 Å². The van der Waals surface area contributed by atoms with Crippen LogP contribution in [-0.4, -0.2) is 22.9 Å². The van der Waals surface area contributed by atoms with Gasteiger partial charge in [0, 0.05) is 24.2 Å². The van der Waals surface area contributed by atoms with Gasteiger partial charge < -0.3 is 4.74 Å². The lowest BCUT2D eigenvalue weighted by molar-refractivity contribution is -0.142. The Morgan fingerprint density at radius 3 is 3.00 bits per heavy atom. The molecule has 114 valence electrons. The SMILES string of the molecule is COC(=O)C1CC12CCCc1cc(-c3cnn(C)c3)ccc12. The van der Waals surface area contributed by atoms with Gasteiger partial charge in [-0.15, -0.1) is 0 Å². The molecule has 1 aromatic heterocycles. The summed E-state index contributed by atoms with van der Waals surface area (Å²) in [6, 6.07) is 6.66. The van der Waals surface area contributed by atoms with Gasteiger partial charge in [0.2, 0.25) is 0 Å². The molecule has 0 bridgehead atoms. The van der Waals surface area contributed by atoms with Crippen molar-refractivity contribution in [3.8, 4) is 11.1 Å². The van der Waals surface area contributed by atoms with E-state index in [9.17, 15) is 4.79 Å². The molecule has 1 aromatic carbocycles. The van der Waals surface area contributed by atoms with E-state index in [0.717, 1.165) is 31.2 Å². The molecular weight excluding hydrogens is 276 g/mol. The van der Waals surface area contributed by atoms with Gasteiger partial charge in [0.25, 0.3) is 0 Å². The zero-order chi connectivity index (χ0) is 15.3. The molecule has 0 radical (unpaired) electrons. The van der Waals surface area contributed by atoms with Gasteiger partial charge >= 0.3 is 5.97 Å². The topological polar surface area (TPSA) is 44.1 Å². The molecule has 4 heteroatoms. The summed E-state index contributed by atoms with van der Waals surface area (Å²) in [4.78, 5) is 11.9. The lowest BCUT2D eigenvalue weighted by atomic mass is 9.78. The molecule has 0 saturated heterocycles. The lowest BCUT2D eigenvalue weighted by Crippen LogP contribution is -2.22. The van der Waals surface area contributed by atoms with Gasteiger partial charge in [-0.2, -0.15) is 5.10 Å². The van der Waals surface area contributed by atoms with E-state index in [-0.39, 0.29) is 17.3 Å². The first-order valence-electron chi connectivity index (χ1n) is 7.84. The Balaban J connectivity index is 1.71. The van der Waals surface area contributed by atoms with Crippen LogP contribution in [0.4, 0.5) is 0 Å². The number of hydrogen-bond donors (Lipinski definition) is 0. The first kappa shape index (κ1) is 13.6. The second-order valence-electron chi connectivity index (χ2n) is 6.56. The predicted octanol–water partition coefficient (Wildman–Crippen LogP) is 2.85. The van der Waals surface area contributed by atoms with Crippen LogP contribution in [-0.2, 0) is 28.4 Å². The zero-order valence-corrected chi connectivity index (χ0v) is 13.0. The number of hydrogen-bond acceptors (Lipinski definition) is 3. The maximum Gasteiger partial charge on any atom is 0.309 e. The Labute approximate surface area is 130 Å². The number of methoxy groups -OCH3 is 1. The van der Waals surface area contributed by atoms with E-state index in [1.165, 1.54) is 23.8 Å². The van der Waals surface area contributed by atoms with E-state index in [0.29, 0.717) is 0 Å². The monoisotopic (exact) mass is 296 g/mol. The second-order valence-corrected chi connectivity index (χ2v) is 6.56. The predicted molar refractivity (Wildman–Crippen MR) is 83.4 cm³/mol. The molecular formula is C18H20N2O2. The van der Waals surface area contributed by atoms with Crippen molar-refractivity contribution in [2.24, 2.45) is 13.0 Å². The highest BCUT2D eigenvalue weighted by atomic mass is 16.5. The van der Waals surface area contributed by atoms with E-state index in [1.807, 2.05) is 24.1 Å². The molecule has 2 unspecified atom stereocenters. The number of aromatic nitrogens is 2. The fraction of sp³-hybridized carbons (Fsp3) is 0.444. The highest BCUT2D eigenvalue weighted by molar-refractivity contribution is 5.80. The standard InChI is InChI=1S/C18H20N2O2/c1-20-11-14(10-19-20)12-5-6-15-13(8-12)4-3-7-18(15)9-16(18)17(21)22-2/h5-6,8,10-11,16H,3-4,7,9H2,1-2H3. The molecule has 0 amide bonds. The number of aryl methyl sites for hydroxylation is 2. The van der Waals surface area contributed by atoms with Crippen LogP contribution in [0.1, 0.15) is 30.4 Å². The van der Waals surface area contributed by atoms with Gasteiger partial charge in [-0.1, -0.05) is 18.2 Å². The third-order valence-corrected chi connectivity index (χ3v) is 5.31. The number of fused-ring (bicyclic) bond motifs is 2. The Bertz CT molecular complexity index is 749. The minimum Gasteiger partial charge on any atom is -0.469 e. The number of benzene rings is 1. The number of carbonyl (C=O) groups is 1. The fourth-order valence-electron chi connectivity index (χ4n) is 4.10. The number of esters is 1. The van der Waals surface area contributed by atoms with Crippen LogP contribution in [0, 0.1) is 5.92 Å². The molecule has 0 aliphatic heterocycles. The lowest BCUT2D eigenvalue weighted by Gasteiger charge is -2.26. The summed E-state index contributed by atoms with van der Waals surface area (Å²) < 4.78 is 6.79. The summed E-state index contributed by atoms with van der Waals surface area (Å²) in [5.74, 6) is 0.00461. The van der Waals surface area contributed by atoms with E-state index in [4.69, 9.17) is 4.74 Å². The molecule has 1 heterocycles. The summed E-state index contributed by atoms with van der Waals surface area (Å²) in [6.45, 7) is 0. The van der Waals surface area contributed by atoms with Gasteiger partial charge in [-0.3, -0.25) is 9.48 Å². The van der Waals surface area contributed by atoms with Crippen molar-refractivity contribution in [3.05, 3.63) is 41.7 Å². The van der Waals surface area contributed by atoms with Crippen molar-refractivity contribution >= 4 is 5.97 Å². The van der Waals surface area contributed by atoms with E-state index in [2.05, 4.69) is 23.3 Å². The molecule has 4 rings (SSSR count). The normalized spacial score (nSPS) is 25.8. The molecule has 1 spiro atoms. The number of ether oxygens (including phenoxy) is 1. The Hall–Kier alpha value is -2.10. The minimum absolute atomic E-state index is 0.0497. The van der Waals surface area contributed by atoms with E-state index >= 15 is 0 Å². The summed E-state index contributed by atoms with van der Waals surface area (Å²) in [6.07, 6.45) is 8.23. The third kappa shape index (κ3) is 1.90. The molecule has 4 nitrogen and oxygen atoms in total. The molecule has 1 fully saturated rings. The van der Waals surface area contributed by atoms with Crippen molar-refractivity contribution in [2.45, 2.75) is 31.1 Å². The maximum atomic E-state index is 11.9. The maximum absolute atomic E-state index is 11.9. The number of nitrogens with zero attached hydrogens (tertiary/aromatic N) is 2. The highest BCUT2D eigenvalue weighted by Crippen LogP contribution is 2.60. The van der Waals surface area contributed by atoms with E-state index < -0.39 is 0 Å². The Morgan fingerprint density at radius 2 is 2.27 bits per heavy atom. The quantitative estimate of drug-likeness (QED) is 0.800. The van der Waals surface area contributed by atoms with Crippen LogP contribution in [0.25, 0.3) is 11.1 Å². The Kier molecular flexibility index (Phi) is 2.90. The van der Waals surface area contributed by atoms with Crippen LogP contribution in [0.2, 0.25) is 0 Å². The summed E-state index contributed by atoms with van der Waals surface area (Å²) in [7, 11) is 3.42. The molecule has 2 atom stereocenters. The summed E-state index contributed by atoms with van der Waals surface area (Å²) in [5, 5.41) is 4.25. The van der Waals surface area contributed by atoms with Crippen molar-refractivity contribution < 1.29 is 9.53 Å². The second kappa shape index (κ2) is 4.70. The molecule has 2 aliphatic carbocycles. The molecule has 2 aromatic rings. The molecule has 22 heavy (non-hydrogen) atoms. The van der Waals surface area contributed by atoms with Crippen LogP contribution in [0.5, 0.6) is 0 Å². The van der Waals surface area contributed by atoms with Crippen molar-refractivity contribution in [3.63, 3.8) is 0 Å². The smallest absolute Gasteiger partial charge is 0.309 e. The Morgan fingerprint density at radius 1 is 1.41 bits per heavy atom. The van der Waals surface area contributed by atoms with Gasteiger partial charge in [-0.25, -0.2) is 0 Å². The van der Waals surface area contributed by atoms with Crippen LogP contribution in [0.15, 0.2) is 30.6 Å². The minimum atomic E-state index is -0.0517. The van der Waals surface area contributed by atoms with Crippen molar-refractivity contribution in [1.82, 2.24) is 9.78 Å². The first-order valence-corrected chi connectivity index (χ1v) is 7.84. The summed E-state index contributed by atoms with van der Waals surface area (Å²) >= 11 is 0. The third-order valence-electron chi connectivity index (χ3n) is 5.31. The average Bonchev–Trinajstić information content (AvgIpc) is 3.07. The van der Waals surface area contributed by atoms with Crippen molar-refractivity contribution in [1.29, 1.82) is 0 Å². The number of carbonyl (C=O) groups excluding carboxylic acids is 1.